The zero-order valence-electron chi connectivity index (χ0n) is 18.1. The van der Waals surface area contributed by atoms with Crippen molar-refractivity contribution in [3.63, 3.8) is 0 Å². The van der Waals surface area contributed by atoms with E-state index in [-0.39, 0.29) is 12.2 Å². The lowest BCUT2D eigenvalue weighted by Crippen LogP contribution is -2.54. The van der Waals surface area contributed by atoms with E-state index in [1.54, 1.807) is 78.9 Å². The third kappa shape index (κ3) is 4.42. The van der Waals surface area contributed by atoms with Crippen molar-refractivity contribution in [3.05, 3.63) is 64.3 Å². The van der Waals surface area contributed by atoms with E-state index < -0.39 is 24.2 Å². The van der Waals surface area contributed by atoms with Gasteiger partial charge in [0.05, 0.1) is 10.6 Å². The number of hydrogen-bond acceptors (Lipinski definition) is 3. The molecule has 5 nitrogen and oxygen atoms in total. The highest BCUT2D eigenvalue weighted by Gasteiger charge is 2.46. The number of fused-ring (bicyclic) bond motifs is 1. The summed E-state index contributed by atoms with van der Waals surface area (Å²) in [6.07, 6.45) is -4.56. The average molecular weight is 497 g/mol. The van der Waals surface area contributed by atoms with Crippen LogP contribution in [0.5, 0.6) is 0 Å². The Morgan fingerprint density at radius 1 is 1.06 bits per heavy atom. The second-order valence-electron chi connectivity index (χ2n) is 8.57. The molecular formula is C23H21Cl2F3N4O. The van der Waals surface area contributed by atoms with Gasteiger partial charge in [0.1, 0.15) is 18.2 Å². The number of benzene rings is 2. The summed E-state index contributed by atoms with van der Waals surface area (Å²) in [5.41, 5.74) is 0.0178. The van der Waals surface area contributed by atoms with E-state index in [1.165, 1.54) is 0 Å². The van der Waals surface area contributed by atoms with E-state index in [4.69, 9.17) is 23.2 Å². The molecule has 33 heavy (non-hydrogen) atoms. The molecule has 0 spiro atoms. The highest BCUT2D eigenvalue weighted by molar-refractivity contribution is 6.33. The van der Waals surface area contributed by atoms with Gasteiger partial charge in [-0.3, -0.25) is 9.36 Å². The fraction of sp³-hybridized carbons (Fsp3) is 0.304. The number of halogens is 5. The predicted molar refractivity (Wildman–Crippen MR) is 123 cm³/mol. The molecule has 2 heterocycles. The summed E-state index contributed by atoms with van der Waals surface area (Å²) < 4.78 is 41.9. The first-order chi connectivity index (χ1) is 15.4. The second kappa shape index (κ2) is 8.25. The zero-order valence-corrected chi connectivity index (χ0v) is 19.6. The summed E-state index contributed by atoms with van der Waals surface area (Å²) >= 11 is 12.5. The predicted octanol–water partition coefficient (Wildman–Crippen LogP) is 6.08. The molecule has 0 saturated heterocycles. The Hall–Kier alpha value is -2.71. The van der Waals surface area contributed by atoms with Crippen LogP contribution >= 0.6 is 23.2 Å². The Bertz CT molecular complexity index is 1210. The number of imidazole rings is 1. The Balaban J connectivity index is 2.01. The smallest absolute Gasteiger partial charge is 0.356 e. The van der Waals surface area contributed by atoms with Gasteiger partial charge in [0, 0.05) is 29.9 Å². The first-order valence-electron chi connectivity index (χ1n) is 10.1. The molecule has 10 heteroatoms. The molecule has 0 unspecified atom stereocenters. The minimum atomic E-state index is -4.56. The Morgan fingerprint density at radius 2 is 1.70 bits per heavy atom. The standard InChI is InChI=1S/C23H21Cl2F3N4O/c1-22(2)12-30(3)20-18(21(33)31(22)13-23(26,27)28)29-19(16-6-4-5-7-17(16)25)32(20)15-10-8-14(24)9-11-15/h4-11H,12-13H2,1-3H3. The molecule has 0 saturated carbocycles. The quantitative estimate of drug-likeness (QED) is 0.441. The van der Waals surface area contributed by atoms with Crippen LogP contribution in [0.4, 0.5) is 19.0 Å². The number of carbonyl (C=O) groups is 1. The molecule has 0 bridgehead atoms. The van der Waals surface area contributed by atoms with Gasteiger partial charge >= 0.3 is 6.18 Å². The molecule has 0 radical (unpaired) electrons. The number of alkyl halides is 3. The lowest BCUT2D eigenvalue weighted by atomic mass is 10.0. The van der Waals surface area contributed by atoms with Crippen LogP contribution in [-0.4, -0.2) is 52.2 Å². The minimum absolute atomic E-state index is 0.0720. The lowest BCUT2D eigenvalue weighted by molar-refractivity contribution is -0.149. The van der Waals surface area contributed by atoms with Crippen molar-refractivity contribution in [1.82, 2.24) is 14.5 Å². The average Bonchev–Trinajstić information content (AvgIpc) is 3.09. The van der Waals surface area contributed by atoms with Crippen LogP contribution in [-0.2, 0) is 0 Å². The van der Waals surface area contributed by atoms with Gasteiger partial charge in [-0.25, -0.2) is 4.98 Å². The van der Waals surface area contributed by atoms with E-state index in [2.05, 4.69) is 4.98 Å². The van der Waals surface area contributed by atoms with Crippen LogP contribution < -0.4 is 4.90 Å². The van der Waals surface area contributed by atoms with Gasteiger partial charge in [-0.2, -0.15) is 13.2 Å². The second-order valence-corrected chi connectivity index (χ2v) is 9.42. The van der Waals surface area contributed by atoms with Crippen molar-refractivity contribution in [1.29, 1.82) is 0 Å². The minimum Gasteiger partial charge on any atom is -0.356 e. The molecule has 0 fully saturated rings. The van der Waals surface area contributed by atoms with Gasteiger partial charge in [0.25, 0.3) is 5.91 Å². The maximum atomic E-state index is 13.5. The number of amides is 1. The van der Waals surface area contributed by atoms with Crippen LogP contribution in [0.15, 0.2) is 48.5 Å². The number of aromatic nitrogens is 2. The summed E-state index contributed by atoms with van der Waals surface area (Å²) in [6, 6.07) is 13.9. The Kier molecular flexibility index (Phi) is 5.87. The molecule has 0 aliphatic carbocycles. The highest BCUT2D eigenvalue weighted by Crippen LogP contribution is 2.39. The summed E-state index contributed by atoms with van der Waals surface area (Å²) in [4.78, 5) is 20.7. The van der Waals surface area contributed by atoms with Crippen LogP contribution in [0, 0.1) is 0 Å². The van der Waals surface area contributed by atoms with Gasteiger partial charge in [0.2, 0.25) is 0 Å². The third-order valence-electron chi connectivity index (χ3n) is 5.55. The van der Waals surface area contributed by atoms with E-state index >= 15 is 0 Å². The zero-order chi connectivity index (χ0) is 24.1. The topological polar surface area (TPSA) is 41.4 Å². The largest absolute Gasteiger partial charge is 0.406 e. The Labute approximate surface area is 199 Å². The highest BCUT2D eigenvalue weighted by atomic mass is 35.5. The number of likely N-dealkylation sites (N-methyl/N-ethyl adjacent to an activating group) is 1. The maximum absolute atomic E-state index is 13.5. The summed E-state index contributed by atoms with van der Waals surface area (Å²) in [5, 5.41) is 0.918. The molecule has 3 aromatic rings. The summed E-state index contributed by atoms with van der Waals surface area (Å²) in [7, 11) is 1.73. The van der Waals surface area contributed by atoms with Crippen molar-refractivity contribution in [2.45, 2.75) is 25.6 Å². The number of carbonyl (C=O) groups excluding carboxylic acids is 1. The number of anilines is 1. The van der Waals surface area contributed by atoms with Gasteiger partial charge < -0.3 is 9.80 Å². The molecule has 174 valence electrons. The van der Waals surface area contributed by atoms with Crippen molar-refractivity contribution < 1.29 is 18.0 Å². The van der Waals surface area contributed by atoms with Crippen molar-refractivity contribution in [2.24, 2.45) is 0 Å². The SMILES string of the molecule is CN1CC(C)(C)N(CC(F)(F)F)C(=O)c2nc(-c3ccccc3Cl)n(-c3ccc(Cl)cc3)c21. The first-order valence-corrected chi connectivity index (χ1v) is 10.9. The fourth-order valence-corrected chi connectivity index (χ4v) is 4.52. The van der Waals surface area contributed by atoms with Crippen molar-refractivity contribution >= 4 is 34.9 Å². The molecule has 0 N–H and O–H groups in total. The molecule has 1 aliphatic rings. The molecule has 1 amide bonds. The van der Waals surface area contributed by atoms with E-state index in [9.17, 15) is 18.0 Å². The monoisotopic (exact) mass is 496 g/mol. The van der Waals surface area contributed by atoms with Gasteiger partial charge in [-0.05, 0) is 50.2 Å². The number of nitrogens with zero attached hydrogens (tertiary/aromatic N) is 4. The normalized spacial score (nSPS) is 16.1. The number of rotatable bonds is 3. The molecular weight excluding hydrogens is 476 g/mol. The molecule has 0 atom stereocenters. The number of hydrogen-bond donors (Lipinski definition) is 0. The molecule has 1 aliphatic heterocycles. The van der Waals surface area contributed by atoms with Crippen molar-refractivity contribution in [3.8, 4) is 17.1 Å². The molecule has 4 rings (SSSR count). The van der Waals surface area contributed by atoms with Gasteiger partial charge in [-0.1, -0.05) is 35.3 Å². The van der Waals surface area contributed by atoms with E-state index in [0.717, 1.165) is 4.90 Å². The maximum Gasteiger partial charge on any atom is 0.406 e. The van der Waals surface area contributed by atoms with Gasteiger partial charge in [0.15, 0.2) is 5.69 Å². The van der Waals surface area contributed by atoms with E-state index in [1.807, 2.05) is 0 Å². The lowest BCUT2D eigenvalue weighted by Gasteiger charge is -2.38. The van der Waals surface area contributed by atoms with Crippen LogP contribution in [0.25, 0.3) is 17.1 Å². The van der Waals surface area contributed by atoms with E-state index in [0.29, 0.717) is 32.9 Å². The van der Waals surface area contributed by atoms with Crippen LogP contribution in [0.3, 0.4) is 0 Å². The van der Waals surface area contributed by atoms with Gasteiger partial charge in [-0.15, -0.1) is 0 Å². The third-order valence-corrected chi connectivity index (χ3v) is 6.14. The summed E-state index contributed by atoms with van der Waals surface area (Å²) in [5.74, 6) is -0.0625. The molecule has 1 aromatic heterocycles. The first kappa shape index (κ1) is 23.4. The van der Waals surface area contributed by atoms with Crippen molar-refractivity contribution in [2.75, 3.05) is 25.0 Å². The van der Waals surface area contributed by atoms with Crippen LogP contribution in [0.2, 0.25) is 10.0 Å². The molecule has 2 aromatic carbocycles. The summed E-state index contributed by atoms with van der Waals surface area (Å²) in [6.45, 7) is 2.01. The van der Waals surface area contributed by atoms with Crippen LogP contribution in [0.1, 0.15) is 24.3 Å². The fourth-order valence-electron chi connectivity index (χ4n) is 4.17. The Morgan fingerprint density at radius 3 is 2.30 bits per heavy atom.